The van der Waals surface area contributed by atoms with Gasteiger partial charge in [-0.25, -0.2) is 4.79 Å². The third-order valence-corrected chi connectivity index (χ3v) is 8.18. The molecular weight excluding hydrogens is 502 g/mol. The van der Waals surface area contributed by atoms with Crippen molar-refractivity contribution in [2.75, 3.05) is 36.5 Å². The Hall–Kier alpha value is -4.33. The molecule has 8 heteroatoms. The van der Waals surface area contributed by atoms with Crippen LogP contribution < -0.4 is 15.5 Å². The number of piperidine rings is 1. The summed E-state index contributed by atoms with van der Waals surface area (Å²) in [4.78, 5) is 45.8. The van der Waals surface area contributed by atoms with Crippen molar-refractivity contribution < 1.29 is 14.4 Å². The van der Waals surface area contributed by atoms with E-state index in [1.165, 1.54) is 0 Å². The first-order valence-electron chi connectivity index (χ1n) is 13.9. The Morgan fingerprint density at radius 2 is 1.48 bits per heavy atom. The average Bonchev–Trinajstić information content (AvgIpc) is 3.22. The number of hydrogen-bond donors (Lipinski definition) is 2. The first-order chi connectivity index (χ1) is 19.3. The van der Waals surface area contributed by atoms with Crippen molar-refractivity contribution >= 4 is 29.2 Å². The quantitative estimate of drug-likeness (QED) is 0.469. The summed E-state index contributed by atoms with van der Waals surface area (Å²) in [5, 5.41) is 6.10. The maximum Gasteiger partial charge on any atom is 0.321 e. The molecule has 2 N–H and O–H groups in total. The standard InChI is InChI=1S/C32H37N5O3/c1-23-11-10-12-24(2)29(23)34-31(40)35-19-17-32(18-20-35)30(39)36(22-37(32)27-15-8-5-9-16-27)21-28(38)33-25(3)26-13-6-4-7-14-26/h4-16,25H,17-22H2,1-3H3,(H,33,38)(H,34,40). The normalized spacial score (nSPS) is 17.2. The second kappa shape index (κ2) is 11.4. The van der Waals surface area contributed by atoms with Gasteiger partial charge in [0.1, 0.15) is 12.1 Å². The Labute approximate surface area is 236 Å². The molecule has 2 aliphatic heterocycles. The Balaban J connectivity index is 1.30. The van der Waals surface area contributed by atoms with Gasteiger partial charge in [0.15, 0.2) is 0 Å². The van der Waals surface area contributed by atoms with E-state index < -0.39 is 5.54 Å². The number of nitrogens with one attached hydrogen (secondary N) is 2. The molecule has 0 aliphatic carbocycles. The van der Waals surface area contributed by atoms with Gasteiger partial charge in [0.25, 0.3) is 5.91 Å². The molecule has 2 saturated heterocycles. The van der Waals surface area contributed by atoms with E-state index >= 15 is 0 Å². The summed E-state index contributed by atoms with van der Waals surface area (Å²) in [7, 11) is 0. The molecule has 1 atom stereocenters. The lowest BCUT2D eigenvalue weighted by atomic mass is 9.85. The number of carbonyl (C=O) groups is 3. The summed E-state index contributed by atoms with van der Waals surface area (Å²) in [5.41, 5.74) is 4.00. The second-order valence-corrected chi connectivity index (χ2v) is 10.8. The zero-order chi connectivity index (χ0) is 28.3. The van der Waals surface area contributed by atoms with Gasteiger partial charge in [-0.15, -0.1) is 0 Å². The molecule has 208 valence electrons. The number of benzene rings is 3. The molecule has 2 aliphatic rings. The van der Waals surface area contributed by atoms with Crippen molar-refractivity contribution in [2.24, 2.45) is 0 Å². The van der Waals surface area contributed by atoms with Crippen LogP contribution in [0.2, 0.25) is 0 Å². The molecule has 2 heterocycles. The minimum absolute atomic E-state index is 0.0160. The molecule has 40 heavy (non-hydrogen) atoms. The Bertz CT molecular complexity index is 1350. The van der Waals surface area contributed by atoms with Crippen LogP contribution in [-0.4, -0.2) is 59.5 Å². The second-order valence-electron chi connectivity index (χ2n) is 10.8. The summed E-state index contributed by atoms with van der Waals surface area (Å²) in [6.45, 7) is 7.09. The zero-order valence-electron chi connectivity index (χ0n) is 23.4. The molecule has 0 aromatic heterocycles. The van der Waals surface area contributed by atoms with Gasteiger partial charge in [-0.3, -0.25) is 9.59 Å². The van der Waals surface area contributed by atoms with Crippen LogP contribution in [0.3, 0.4) is 0 Å². The van der Waals surface area contributed by atoms with Crippen LogP contribution in [0.5, 0.6) is 0 Å². The number of likely N-dealkylation sites (tertiary alicyclic amines) is 1. The molecule has 4 amide bonds. The molecule has 3 aromatic rings. The van der Waals surface area contributed by atoms with Crippen LogP contribution in [-0.2, 0) is 9.59 Å². The van der Waals surface area contributed by atoms with Gasteiger partial charge in [0, 0.05) is 24.5 Å². The fourth-order valence-corrected chi connectivity index (χ4v) is 5.89. The number of hydrogen-bond acceptors (Lipinski definition) is 4. The zero-order valence-corrected chi connectivity index (χ0v) is 23.4. The summed E-state index contributed by atoms with van der Waals surface area (Å²) >= 11 is 0. The van der Waals surface area contributed by atoms with Gasteiger partial charge < -0.3 is 25.3 Å². The molecular formula is C32H37N5O3. The van der Waals surface area contributed by atoms with Crippen molar-refractivity contribution in [2.45, 2.75) is 45.2 Å². The largest absolute Gasteiger partial charge is 0.348 e. The van der Waals surface area contributed by atoms with Crippen LogP contribution in [0.15, 0.2) is 78.9 Å². The summed E-state index contributed by atoms with van der Waals surface area (Å²) < 4.78 is 0. The molecule has 1 spiro atoms. The number of amides is 4. The number of rotatable bonds is 6. The number of nitrogens with zero attached hydrogens (tertiary/aromatic N) is 3. The topological polar surface area (TPSA) is 85.0 Å². The molecule has 0 saturated carbocycles. The van der Waals surface area contributed by atoms with Crippen LogP contribution in [0.25, 0.3) is 0 Å². The van der Waals surface area contributed by atoms with Gasteiger partial charge in [0.2, 0.25) is 5.91 Å². The number of urea groups is 1. The lowest BCUT2D eigenvalue weighted by Crippen LogP contribution is -2.58. The van der Waals surface area contributed by atoms with Crippen molar-refractivity contribution in [1.82, 2.24) is 15.1 Å². The highest BCUT2D eigenvalue weighted by atomic mass is 16.2. The van der Waals surface area contributed by atoms with Crippen molar-refractivity contribution in [3.8, 4) is 0 Å². The molecule has 0 bridgehead atoms. The van der Waals surface area contributed by atoms with E-state index in [0.29, 0.717) is 32.6 Å². The minimum atomic E-state index is -0.804. The highest BCUT2D eigenvalue weighted by molar-refractivity contribution is 5.97. The smallest absolute Gasteiger partial charge is 0.321 e. The Morgan fingerprint density at radius 3 is 2.10 bits per heavy atom. The highest BCUT2D eigenvalue weighted by Crippen LogP contribution is 2.39. The maximum absolute atomic E-state index is 14.0. The van der Waals surface area contributed by atoms with Gasteiger partial charge in [-0.05, 0) is 62.4 Å². The van der Waals surface area contributed by atoms with E-state index in [9.17, 15) is 14.4 Å². The van der Waals surface area contributed by atoms with Gasteiger partial charge in [-0.1, -0.05) is 66.7 Å². The SMILES string of the molecule is Cc1cccc(C)c1NC(=O)N1CCC2(CC1)C(=O)N(CC(=O)NC(C)c1ccccc1)CN2c1ccccc1. The first kappa shape index (κ1) is 27.2. The Morgan fingerprint density at radius 1 is 0.875 bits per heavy atom. The van der Waals surface area contributed by atoms with Gasteiger partial charge >= 0.3 is 6.03 Å². The van der Waals surface area contributed by atoms with E-state index in [-0.39, 0.29) is 30.4 Å². The number of anilines is 2. The van der Waals surface area contributed by atoms with Gasteiger partial charge in [0.05, 0.1) is 12.7 Å². The van der Waals surface area contributed by atoms with E-state index in [1.807, 2.05) is 99.6 Å². The lowest BCUT2D eigenvalue weighted by molar-refractivity contribution is -0.137. The van der Waals surface area contributed by atoms with Crippen LogP contribution in [0.4, 0.5) is 16.2 Å². The first-order valence-corrected chi connectivity index (χ1v) is 13.9. The Kier molecular flexibility index (Phi) is 7.78. The van der Waals surface area contributed by atoms with E-state index in [0.717, 1.165) is 28.1 Å². The van der Waals surface area contributed by atoms with E-state index in [2.05, 4.69) is 15.5 Å². The van der Waals surface area contributed by atoms with E-state index in [1.54, 1.807) is 9.80 Å². The fraction of sp³-hybridized carbons (Fsp3) is 0.344. The van der Waals surface area contributed by atoms with Crippen LogP contribution in [0, 0.1) is 13.8 Å². The summed E-state index contributed by atoms with van der Waals surface area (Å²) in [5.74, 6) is -0.256. The van der Waals surface area contributed by atoms with Crippen LogP contribution in [0.1, 0.15) is 42.5 Å². The van der Waals surface area contributed by atoms with Crippen molar-refractivity contribution in [3.63, 3.8) is 0 Å². The third-order valence-electron chi connectivity index (χ3n) is 8.18. The van der Waals surface area contributed by atoms with Crippen LogP contribution >= 0.6 is 0 Å². The van der Waals surface area contributed by atoms with E-state index in [4.69, 9.17) is 0 Å². The monoisotopic (exact) mass is 539 g/mol. The number of carbonyl (C=O) groups excluding carboxylic acids is 3. The maximum atomic E-state index is 14.0. The fourth-order valence-electron chi connectivity index (χ4n) is 5.89. The molecule has 5 rings (SSSR count). The molecule has 8 nitrogen and oxygen atoms in total. The minimum Gasteiger partial charge on any atom is -0.348 e. The average molecular weight is 540 g/mol. The third kappa shape index (κ3) is 5.39. The van der Waals surface area contributed by atoms with Gasteiger partial charge in [-0.2, -0.15) is 0 Å². The predicted molar refractivity (Wildman–Crippen MR) is 157 cm³/mol. The summed E-state index contributed by atoms with van der Waals surface area (Å²) in [6, 6.07) is 25.2. The molecule has 0 radical (unpaired) electrons. The molecule has 1 unspecified atom stereocenters. The predicted octanol–water partition coefficient (Wildman–Crippen LogP) is 4.85. The van der Waals surface area contributed by atoms with Crippen molar-refractivity contribution in [1.29, 1.82) is 0 Å². The summed E-state index contributed by atoms with van der Waals surface area (Å²) in [6.07, 6.45) is 0.971. The molecule has 2 fully saturated rings. The lowest BCUT2D eigenvalue weighted by Gasteiger charge is -2.43. The van der Waals surface area contributed by atoms with Crippen molar-refractivity contribution in [3.05, 3.63) is 95.6 Å². The number of aryl methyl sites for hydroxylation is 2. The number of para-hydroxylation sites is 2. The highest BCUT2D eigenvalue weighted by Gasteiger charge is 2.54. The molecule has 3 aromatic carbocycles.